The maximum atomic E-state index is 14.3. The molecule has 1 fully saturated rings. The van der Waals surface area contributed by atoms with E-state index in [9.17, 15) is 9.18 Å². The second-order valence-corrected chi connectivity index (χ2v) is 8.54. The zero-order valence-corrected chi connectivity index (χ0v) is 16.4. The molecule has 1 saturated heterocycles. The van der Waals surface area contributed by atoms with Crippen molar-refractivity contribution < 1.29 is 9.18 Å². The largest absolute Gasteiger partial charge is 0.351 e. The number of halogens is 2. The molecule has 0 aliphatic carbocycles. The molecule has 4 rings (SSSR count). The number of nitrogens with zero attached hydrogens (tertiary/aromatic N) is 2. The number of likely N-dealkylation sites (tertiary alicyclic amines) is 1. The van der Waals surface area contributed by atoms with Crippen molar-refractivity contribution in [1.29, 1.82) is 0 Å². The van der Waals surface area contributed by atoms with Crippen LogP contribution in [0, 0.1) is 15.3 Å². The van der Waals surface area contributed by atoms with Gasteiger partial charge in [-0.3, -0.25) is 9.78 Å². The molecule has 25 heavy (non-hydrogen) atoms. The Morgan fingerprint density at radius 1 is 1.40 bits per heavy atom. The summed E-state index contributed by atoms with van der Waals surface area (Å²) < 4.78 is 16.1. The van der Waals surface area contributed by atoms with Crippen molar-refractivity contribution in [2.24, 2.45) is 5.92 Å². The summed E-state index contributed by atoms with van der Waals surface area (Å²) in [4.78, 5) is 19.5. The summed E-state index contributed by atoms with van der Waals surface area (Å²) >= 11 is 3.49. The lowest BCUT2D eigenvalue weighted by Gasteiger charge is -2.37. The van der Waals surface area contributed by atoms with E-state index in [-0.39, 0.29) is 11.7 Å². The first-order chi connectivity index (χ1) is 12.0. The molecule has 0 radical (unpaired) electrons. The summed E-state index contributed by atoms with van der Waals surface area (Å²) in [5, 5.41) is 3.97. The molecule has 1 N–H and O–H groups in total. The molecular weight excluding hydrogens is 452 g/mol. The number of hydrogen-bond donors (Lipinski definition) is 1. The summed E-state index contributed by atoms with van der Waals surface area (Å²) in [6.07, 6.45) is 3.42. The summed E-state index contributed by atoms with van der Waals surface area (Å²) in [5.74, 6) is 0.184. The summed E-state index contributed by atoms with van der Waals surface area (Å²) in [7, 11) is 0. The predicted octanol–water partition coefficient (Wildman–Crippen LogP) is 4.88. The fourth-order valence-corrected chi connectivity index (χ4v) is 4.50. The number of hydrogen-bond acceptors (Lipinski definition) is 4. The van der Waals surface area contributed by atoms with E-state index < -0.39 is 0 Å². The summed E-state index contributed by atoms with van der Waals surface area (Å²) in [6.45, 7) is 3.66. The van der Waals surface area contributed by atoms with Gasteiger partial charge in [0.05, 0.1) is 11.4 Å². The van der Waals surface area contributed by atoms with E-state index in [0.717, 1.165) is 26.7 Å². The van der Waals surface area contributed by atoms with Gasteiger partial charge in [0.1, 0.15) is 10.7 Å². The Morgan fingerprint density at radius 2 is 2.20 bits per heavy atom. The smallest absolute Gasteiger partial charge is 0.266 e. The van der Waals surface area contributed by atoms with Gasteiger partial charge in [-0.05, 0) is 52.8 Å². The molecule has 3 heterocycles. The maximum Gasteiger partial charge on any atom is 0.266 e. The number of thiophene rings is 1. The van der Waals surface area contributed by atoms with Gasteiger partial charge in [0.15, 0.2) is 0 Å². The van der Waals surface area contributed by atoms with Crippen LogP contribution < -0.4 is 5.32 Å². The van der Waals surface area contributed by atoms with E-state index in [1.165, 1.54) is 17.4 Å². The standard InChI is InChI=1S/C18H15FIN3OS/c1-10-8-23(9-10)18(24)17-16(12-7-21-5-4-15(12)25-17)22-14-3-2-11(20)6-13(14)19/h2-7,10,22H,8-9H2,1H3. The van der Waals surface area contributed by atoms with Crippen LogP contribution >= 0.6 is 33.9 Å². The Labute approximate surface area is 162 Å². The highest BCUT2D eigenvalue weighted by molar-refractivity contribution is 14.1. The van der Waals surface area contributed by atoms with Gasteiger partial charge in [-0.1, -0.05) is 6.92 Å². The van der Waals surface area contributed by atoms with Gasteiger partial charge < -0.3 is 10.2 Å². The van der Waals surface area contributed by atoms with Crippen LogP contribution in [0.5, 0.6) is 0 Å². The Hall–Kier alpha value is -1.74. The Morgan fingerprint density at radius 3 is 2.92 bits per heavy atom. The number of carbonyl (C=O) groups excluding carboxylic acids is 1. The molecule has 7 heteroatoms. The van der Waals surface area contributed by atoms with Gasteiger partial charge in [0.2, 0.25) is 0 Å². The number of carbonyl (C=O) groups is 1. The number of anilines is 2. The van der Waals surface area contributed by atoms with Gasteiger partial charge >= 0.3 is 0 Å². The highest BCUT2D eigenvalue weighted by atomic mass is 127. The number of benzene rings is 1. The molecule has 0 atom stereocenters. The van der Waals surface area contributed by atoms with E-state index in [1.54, 1.807) is 18.5 Å². The van der Waals surface area contributed by atoms with Crippen molar-refractivity contribution in [1.82, 2.24) is 9.88 Å². The molecule has 0 unspecified atom stereocenters. The number of fused-ring (bicyclic) bond motifs is 1. The molecule has 3 aromatic rings. The summed E-state index contributed by atoms with van der Waals surface area (Å²) in [5.41, 5.74) is 0.993. The molecule has 4 nitrogen and oxygen atoms in total. The highest BCUT2D eigenvalue weighted by Gasteiger charge is 2.31. The van der Waals surface area contributed by atoms with Gasteiger partial charge in [-0.15, -0.1) is 11.3 Å². The third kappa shape index (κ3) is 3.10. The van der Waals surface area contributed by atoms with Gasteiger partial charge in [0, 0.05) is 39.1 Å². The lowest BCUT2D eigenvalue weighted by molar-refractivity contribution is 0.0536. The Kier molecular flexibility index (Phi) is 4.36. The topological polar surface area (TPSA) is 45.2 Å². The minimum absolute atomic E-state index is 0.00674. The second-order valence-electron chi connectivity index (χ2n) is 6.24. The normalized spacial score (nSPS) is 14.6. The van der Waals surface area contributed by atoms with E-state index in [0.29, 0.717) is 22.2 Å². The Balaban J connectivity index is 1.78. The molecule has 2 aromatic heterocycles. The van der Waals surface area contributed by atoms with Crippen molar-refractivity contribution >= 4 is 61.3 Å². The van der Waals surface area contributed by atoms with Crippen LogP contribution in [0.4, 0.5) is 15.8 Å². The fraction of sp³-hybridized carbons (Fsp3) is 0.222. The zero-order valence-electron chi connectivity index (χ0n) is 13.4. The lowest BCUT2D eigenvalue weighted by atomic mass is 10.0. The maximum absolute atomic E-state index is 14.3. The van der Waals surface area contributed by atoms with Crippen molar-refractivity contribution in [3.8, 4) is 0 Å². The quantitative estimate of drug-likeness (QED) is 0.559. The zero-order chi connectivity index (χ0) is 17.6. The monoisotopic (exact) mass is 467 g/mol. The molecule has 0 saturated carbocycles. The van der Waals surface area contributed by atoms with Crippen molar-refractivity contribution in [2.75, 3.05) is 18.4 Å². The Bertz CT molecular complexity index is 968. The summed E-state index contributed by atoms with van der Waals surface area (Å²) in [6, 6.07) is 6.87. The SMILES string of the molecule is CC1CN(C(=O)c2sc3ccncc3c2Nc2ccc(I)cc2F)C1. The highest BCUT2D eigenvalue weighted by Crippen LogP contribution is 2.39. The number of pyridine rings is 1. The van der Waals surface area contributed by atoms with E-state index in [4.69, 9.17) is 0 Å². The van der Waals surface area contributed by atoms with Gasteiger partial charge in [-0.2, -0.15) is 0 Å². The molecule has 0 spiro atoms. The first kappa shape index (κ1) is 16.7. The average Bonchev–Trinajstić information content (AvgIpc) is 2.92. The van der Waals surface area contributed by atoms with E-state index in [2.05, 4.69) is 39.8 Å². The molecule has 1 aromatic carbocycles. The third-order valence-corrected chi connectivity index (χ3v) is 6.06. The number of amides is 1. The number of aromatic nitrogens is 1. The molecule has 0 bridgehead atoms. The third-order valence-electron chi connectivity index (χ3n) is 4.23. The molecule has 1 aliphatic heterocycles. The van der Waals surface area contributed by atoms with Crippen LogP contribution in [0.1, 0.15) is 16.6 Å². The van der Waals surface area contributed by atoms with Crippen molar-refractivity contribution in [3.63, 3.8) is 0 Å². The van der Waals surface area contributed by atoms with Crippen LogP contribution in [0.2, 0.25) is 0 Å². The fourth-order valence-electron chi connectivity index (χ4n) is 2.95. The van der Waals surface area contributed by atoms with Crippen molar-refractivity contribution in [3.05, 3.63) is 50.9 Å². The van der Waals surface area contributed by atoms with E-state index in [1.807, 2.05) is 17.0 Å². The number of rotatable bonds is 3. The van der Waals surface area contributed by atoms with Gasteiger partial charge in [0.25, 0.3) is 5.91 Å². The minimum Gasteiger partial charge on any atom is -0.351 e. The average molecular weight is 467 g/mol. The molecular formula is C18H15FIN3OS. The first-order valence-corrected chi connectivity index (χ1v) is 9.80. The van der Waals surface area contributed by atoms with Crippen LogP contribution in [0.25, 0.3) is 10.1 Å². The number of nitrogens with one attached hydrogen (secondary N) is 1. The second kappa shape index (κ2) is 6.53. The lowest BCUT2D eigenvalue weighted by Crippen LogP contribution is -2.48. The van der Waals surface area contributed by atoms with Crippen LogP contribution in [0.15, 0.2) is 36.7 Å². The first-order valence-electron chi connectivity index (χ1n) is 7.91. The van der Waals surface area contributed by atoms with Gasteiger partial charge in [-0.25, -0.2) is 4.39 Å². The predicted molar refractivity (Wildman–Crippen MR) is 107 cm³/mol. The van der Waals surface area contributed by atoms with Crippen molar-refractivity contribution in [2.45, 2.75) is 6.92 Å². The molecule has 1 aliphatic rings. The minimum atomic E-state index is -0.342. The van der Waals surface area contributed by atoms with Crippen LogP contribution in [0.3, 0.4) is 0 Å². The van der Waals surface area contributed by atoms with Crippen LogP contribution in [-0.2, 0) is 0 Å². The molecule has 128 valence electrons. The molecule has 1 amide bonds. The van der Waals surface area contributed by atoms with Crippen LogP contribution in [-0.4, -0.2) is 28.9 Å². The van der Waals surface area contributed by atoms with E-state index >= 15 is 0 Å².